The van der Waals surface area contributed by atoms with Gasteiger partial charge in [-0.2, -0.15) is 11.3 Å². The number of nitriles is 1. The van der Waals surface area contributed by atoms with E-state index in [1.165, 1.54) is 18.5 Å². The monoisotopic (exact) mass is 568 g/mol. The number of hydrogen-bond donors (Lipinski definition) is 0. The molecule has 0 atom stereocenters. The molecule has 0 amide bonds. The number of aromatic nitrogens is 3. The summed E-state index contributed by atoms with van der Waals surface area (Å²) in [6, 6.07) is 14.0. The van der Waals surface area contributed by atoms with Crippen LogP contribution in [0.4, 0.5) is 14.5 Å². The molecule has 1 aromatic carbocycles. The third-order valence-electron chi connectivity index (χ3n) is 3.33. The zero-order valence-corrected chi connectivity index (χ0v) is 17.2. The van der Waals surface area contributed by atoms with E-state index in [1.807, 2.05) is 7.05 Å². The molecular weight excluding hydrogens is 556 g/mol. The van der Waals surface area contributed by atoms with Crippen molar-refractivity contribution in [1.82, 2.24) is 15.0 Å². The molecule has 145 valence electrons. The molecular formula is C19H11F2IrN7. The summed E-state index contributed by atoms with van der Waals surface area (Å²) in [7, 11) is 1.86. The molecule has 3 aromatic rings. The maximum Gasteiger partial charge on any atom is 0.420 e. The van der Waals surface area contributed by atoms with Gasteiger partial charge in [0.05, 0.1) is 28.2 Å². The Balaban J connectivity index is 0.000000207. The summed E-state index contributed by atoms with van der Waals surface area (Å²) in [5.41, 5.74) is 0.0258. The van der Waals surface area contributed by atoms with Gasteiger partial charge in [-0.25, -0.2) is 0 Å². The van der Waals surface area contributed by atoms with Crippen LogP contribution in [0.25, 0.3) is 11.4 Å². The normalized spacial score (nSPS) is 11.4. The van der Waals surface area contributed by atoms with E-state index in [1.54, 1.807) is 40.1 Å². The van der Waals surface area contributed by atoms with Crippen LogP contribution in [0.2, 0.25) is 0 Å². The Labute approximate surface area is 178 Å². The Morgan fingerprint density at radius 3 is 2.52 bits per heavy atom. The van der Waals surface area contributed by atoms with E-state index in [4.69, 9.17) is 5.26 Å². The van der Waals surface area contributed by atoms with Gasteiger partial charge in [0.1, 0.15) is 12.7 Å². The second-order valence-corrected chi connectivity index (χ2v) is 5.26. The Bertz CT molecular complexity index is 1140. The molecule has 0 fully saturated rings. The van der Waals surface area contributed by atoms with E-state index < -0.39 is 17.2 Å². The van der Waals surface area contributed by atoms with Crippen LogP contribution >= 0.6 is 0 Å². The number of rotatable bonds is 2. The van der Waals surface area contributed by atoms with Gasteiger partial charge in [0.2, 0.25) is 5.10 Å². The quantitative estimate of drug-likeness (QED) is 0.352. The van der Waals surface area contributed by atoms with Crippen LogP contribution in [-0.4, -0.2) is 43.6 Å². The number of pyridine rings is 1. The van der Waals surface area contributed by atoms with Crippen LogP contribution in [0.5, 0.6) is 0 Å². The van der Waals surface area contributed by atoms with Crippen molar-refractivity contribution in [2.24, 2.45) is 5.10 Å². The summed E-state index contributed by atoms with van der Waals surface area (Å²) >= 11 is 0. The summed E-state index contributed by atoms with van der Waals surface area (Å²) in [5, 5.41) is 12.6. The molecule has 29 heavy (non-hydrogen) atoms. The molecule has 0 bridgehead atoms. The third kappa shape index (κ3) is 5.27. The maximum absolute atomic E-state index is 13.6. The number of hydrazone groups is 1. The van der Waals surface area contributed by atoms with E-state index >= 15 is 0 Å². The van der Waals surface area contributed by atoms with Gasteiger partial charge in [-0.3, -0.25) is 18.7 Å². The van der Waals surface area contributed by atoms with Crippen LogP contribution in [-0.2, 0) is 20.1 Å². The summed E-state index contributed by atoms with van der Waals surface area (Å²) in [5.74, 6) is -1.87. The Hall–Kier alpha value is -3.50. The van der Waals surface area contributed by atoms with Crippen molar-refractivity contribution in [2.45, 2.75) is 0 Å². The second kappa shape index (κ2) is 10.2. The fourth-order valence-electron chi connectivity index (χ4n) is 2.07. The minimum Gasteiger partial charge on any atom is -0.386 e. The Kier molecular flexibility index (Phi) is 7.63. The van der Waals surface area contributed by atoms with E-state index in [0.717, 1.165) is 11.8 Å². The molecule has 1 aliphatic heterocycles. The largest absolute Gasteiger partial charge is 0.420 e. The summed E-state index contributed by atoms with van der Waals surface area (Å²) in [4.78, 5) is 11.6. The maximum atomic E-state index is 13.6. The summed E-state index contributed by atoms with van der Waals surface area (Å²) < 4.78 is 30.0. The van der Waals surface area contributed by atoms with Gasteiger partial charge in [-0.05, 0) is 12.3 Å². The van der Waals surface area contributed by atoms with Crippen LogP contribution in [0.1, 0.15) is 5.56 Å². The average Bonchev–Trinajstić information content (AvgIpc) is 3.17. The average molecular weight is 568 g/mol. The van der Waals surface area contributed by atoms with E-state index in [0.29, 0.717) is 0 Å². The van der Waals surface area contributed by atoms with Crippen LogP contribution in [0.3, 0.4) is 0 Å². The fraction of sp³-hybridized carbons (Fsp3) is 0.0526. The molecule has 0 saturated heterocycles. The molecule has 0 N–H and O–H groups in total. The number of halogens is 2. The predicted molar refractivity (Wildman–Crippen MR) is 93.6 cm³/mol. The van der Waals surface area contributed by atoms with Crippen molar-refractivity contribution in [3.63, 3.8) is 0 Å². The first-order valence-corrected chi connectivity index (χ1v) is 7.82. The van der Waals surface area contributed by atoms with Gasteiger partial charge < -0.3 is 4.98 Å². The Morgan fingerprint density at radius 2 is 1.93 bits per heavy atom. The number of nitrogens with zero attached hydrogens (tertiary/aromatic N) is 7. The number of hydrogen-bond acceptors (Lipinski definition) is 5. The van der Waals surface area contributed by atoms with Crippen molar-refractivity contribution < 1.29 is 38.1 Å². The van der Waals surface area contributed by atoms with E-state index in [2.05, 4.69) is 38.2 Å². The van der Waals surface area contributed by atoms with Crippen LogP contribution in [0.15, 0.2) is 48.1 Å². The van der Waals surface area contributed by atoms with Gasteiger partial charge >= 0.3 is 12.3 Å². The summed E-state index contributed by atoms with van der Waals surface area (Å²) in [6.45, 7) is 0. The molecule has 7 nitrogen and oxygen atoms in total. The van der Waals surface area contributed by atoms with Gasteiger partial charge in [-0.15, -0.1) is 22.8 Å². The minimum atomic E-state index is -0.992. The predicted octanol–water partition coefficient (Wildman–Crippen LogP) is 2.39. The third-order valence-corrected chi connectivity index (χ3v) is 3.33. The molecule has 0 saturated carbocycles. The van der Waals surface area contributed by atoms with Crippen molar-refractivity contribution >= 4 is 18.0 Å². The fourth-order valence-corrected chi connectivity index (χ4v) is 2.07. The molecule has 1 aliphatic rings. The topological polar surface area (TPSA) is 80.8 Å². The molecule has 3 heterocycles. The Morgan fingerprint density at radius 1 is 1.17 bits per heavy atom. The van der Waals surface area contributed by atoms with E-state index in [-0.39, 0.29) is 31.5 Å². The zero-order valence-electron chi connectivity index (χ0n) is 14.8. The first-order valence-electron chi connectivity index (χ1n) is 7.82. The molecule has 4 rings (SSSR count). The molecule has 0 aliphatic carbocycles. The van der Waals surface area contributed by atoms with Gasteiger partial charge in [0, 0.05) is 38.1 Å². The first-order chi connectivity index (χ1) is 13.6. The zero-order chi connectivity index (χ0) is 19.9. The van der Waals surface area contributed by atoms with Gasteiger partial charge in [-0.1, -0.05) is 11.8 Å². The smallest absolute Gasteiger partial charge is 0.386 e. The minimum absolute atomic E-state index is 0. The van der Waals surface area contributed by atoms with Crippen LogP contribution in [0, 0.1) is 35.1 Å². The molecule has 10 heteroatoms. The standard InChI is InChI=1S/C11H4F2N3.C8H7N4.Ir/c12-9-3-2-7(10(13)8(9)6-14)11-15-4-1-5-16-11;1-11-6-10-12(7-11)8-3-2-4-9-5-8;/h1,3-5H;2,4-6H,1H3;/q-1;+1;. The molecule has 1 radical (unpaired) electrons. The van der Waals surface area contributed by atoms with Crippen LogP contribution < -0.4 is 0 Å². The van der Waals surface area contributed by atoms with Gasteiger partial charge in [0.25, 0.3) is 0 Å². The van der Waals surface area contributed by atoms with Crippen molar-refractivity contribution in [2.75, 3.05) is 7.05 Å². The van der Waals surface area contributed by atoms with Crippen molar-refractivity contribution in [1.29, 1.82) is 5.26 Å². The van der Waals surface area contributed by atoms with Crippen molar-refractivity contribution in [3.8, 4) is 17.5 Å². The molecule has 2 aromatic heterocycles. The SMILES string of the molecule is C[N+]1=C=[N+](c2[c-]ccnc2)N=C1.N#Cc1c(F)c[c-]c(-c2ncccn2)c1F.[Ir]. The van der Waals surface area contributed by atoms with Gasteiger partial charge in [0.15, 0.2) is 0 Å². The van der Waals surface area contributed by atoms with Crippen molar-refractivity contribution in [3.05, 3.63) is 72.3 Å². The van der Waals surface area contributed by atoms with E-state index in [9.17, 15) is 8.78 Å². The summed E-state index contributed by atoms with van der Waals surface area (Å²) in [6.07, 6.45) is 7.87. The second-order valence-electron chi connectivity index (χ2n) is 5.26. The molecule has 0 unspecified atom stereocenters. The molecule has 0 spiro atoms. The first kappa shape index (κ1) is 21.8. The number of benzene rings is 1.